The Morgan fingerprint density at radius 1 is 0.889 bits per heavy atom. The summed E-state index contributed by atoms with van der Waals surface area (Å²) >= 11 is 5.81. The highest BCUT2D eigenvalue weighted by Crippen LogP contribution is 2.17. The Morgan fingerprint density at radius 3 is 2.07 bits per heavy atom. The van der Waals surface area contributed by atoms with Gasteiger partial charge in [-0.3, -0.25) is 10.0 Å². The first-order chi connectivity index (χ1) is 13.1. The largest absolute Gasteiger partial charge is 0.494 e. The monoisotopic (exact) mass is 391 g/mol. The topological polar surface area (TPSA) is 99.7 Å². The van der Waals surface area contributed by atoms with E-state index in [9.17, 15) is 9.59 Å². The first-order valence-corrected chi connectivity index (χ1v) is 8.94. The summed E-state index contributed by atoms with van der Waals surface area (Å²) in [5.41, 5.74) is 2.90. The third-order valence-corrected chi connectivity index (χ3v) is 3.91. The molecule has 0 spiro atoms. The maximum atomic E-state index is 12.0. The van der Waals surface area contributed by atoms with Crippen molar-refractivity contribution < 1.29 is 19.5 Å². The van der Waals surface area contributed by atoms with Crippen molar-refractivity contribution >= 4 is 34.9 Å². The van der Waals surface area contributed by atoms with Crippen LogP contribution in [-0.2, 0) is 4.79 Å². The van der Waals surface area contributed by atoms with Crippen molar-refractivity contribution in [2.24, 2.45) is 0 Å². The van der Waals surface area contributed by atoms with Crippen LogP contribution >= 0.6 is 11.6 Å². The van der Waals surface area contributed by atoms with Crippen LogP contribution < -0.4 is 20.9 Å². The van der Waals surface area contributed by atoms with Crippen LogP contribution in [0.1, 0.15) is 25.7 Å². The predicted octanol–water partition coefficient (Wildman–Crippen LogP) is 4.43. The van der Waals surface area contributed by atoms with Crippen molar-refractivity contribution in [1.82, 2.24) is 5.48 Å². The van der Waals surface area contributed by atoms with Crippen LogP contribution in [0.5, 0.6) is 5.75 Å². The number of nitrogens with one attached hydrogen (secondary N) is 3. The van der Waals surface area contributed by atoms with Gasteiger partial charge in [0.2, 0.25) is 5.91 Å². The zero-order valence-corrected chi connectivity index (χ0v) is 15.5. The van der Waals surface area contributed by atoms with Crippen LogP contribution in [0.25, 0.3) is 0 Å². The fourth-order valence-corrected chi connectivity index (χ4v) is 2.40. The molecule has 0 saturated heterocycles. The van der Waals surface area contributed by atoms with Crippen LogP contribution in [0, 0.1) is 0 Å². The lowest BCUT2D eigenvalue weighted by molar-refractivity contribution is -0.129. The van der Waals surface area contributed by atoms with Crippen molar-refractivity contribution in [2.45, 2.75) is 25.7 Å². The lowest BCUT2D eigenvalue weighted by Gasteiger charge is -2.09. The molecular weight excluding hydrogens is 370 g/mol. The minimum atomic E-state index is -0.376. The SMILES string of the molecule is O=C(CCCCCOc1ccc(NC(=O)Nc2ccc(Cl)cc2)cc1)NO. The first-order valence-electron chi connectivity index (χ1n) is 8.56. The fourth-order valence-electron chi connectivity index (χ4n) is 2.27. The second-order valence-electron chi connectivity index (χ2n) is 5.80. The summed E-state index contributed by atoms with van der Waals surface area (Å²) in [6.45, 7) is 0.532. The van der Waals surface area contributed by atoms with Gasteiger partial charge >= 0.3 is 6.03 Å². The Hall–Kier alpha value is -2.77. The van der Waals surface area contributed by atoms with Gasteiger partial charge in [-0.05, 0) is 67.8 Å². The number of ether oxygens (including phenoxy) is 1. The summed E-state index contributed by atoms with van der Waals surface area (Å²) < 4.78 is 5.62. The Bertz CT molecular complexity index is 736. The van der Waals surface area contributed by atoms with E-state index in [2.05, 4.69) is 10.6 Å². The van der Waals surface area contributed by atoms with Crippen molar-refractivity contribution in [3.8, 4) is 5.75 Å². The number of hydroxylamine groups is 1. The van der Waals surface area contributed by atoms with E-state index >= 15 is 0 Å². The van der Waals surface area contributed by atoms with Gasteiger partial charge in [0.1, 0.15) is 5.75 Å². The molecule has 0 atom stereocenters. The molecule has 0 saturated carbocycles. The molecule has 2 aromatic rings. The van der Waals surface area contributed by atoms with Gasteiger partial charge in [-0.2, -0.15) is 0 Å². The average molecular weight is 392 g/mol. The quantitative estimate of drug-likeness (QED) is 0.288. The van der Waals surface area contributed by atoms with E-state index in [4.69, 9.17) is 21.5 Å². The van der Waals surface area contributed by atoms with Crippen LogP contribution in [-0.4, -0.2) is 23.8 Å². The first kappa shape index (κ1) is 20.5. The van der Waals surface area contributed by atoms with Crippen LogP contribution in [0.15, 0.2) is 48.5 Å². The van der Waals surface area contributed by atoms with E-state index < -0.39 is 0 Å². The van der Waals surface area contributed by atoms with Gasteiger partial charge in [0.25, 0.3) is 0 Å². The molecule has 2 rings (SSSR count). The number of carbonyl (C=O) groups excluding carboxylic acids is 2. The highest BCUT2D eigenvalue weighted by atomic mass is 35.5. The van der Waals surface area contributed by atoms with Gasteiger partial charge in [-0.25, -0.2) is 10.3 Å². The highest BCUT2D eigenvalue weighted by molar-refractivity contribution is 6.30. The Kier molecular flexibility index (Phi) is 8.41. The molecule has 0 fully saturated rings. The second kappa shape index (κ2) is 11.1. The van der Waals surface area contributed by atoms with Gasteiger partial charge in [-0.15, -0.1) is 0 Å². The average Bonchev–Trinajstić information content (AvgIpc) is 2.67. The lowest BCUT2D eigenvalue weighted by atomic mass is 10.2. The van der Waals surface area contributed by atoms with E-state index in [-0.39, 0.29) is 11.9 Å². The molecule has 0 aliphatic carbocycles. The predicted molar refractivity (Wildman–Crippen MR) is 104 cm³/mol. The summed E-state index contributed by atoms with van der Waals surface area (Å²) in [5.74, 6) is 0.325. The molecule has 0 aliphatic rings. The number of hydrogen-bond donors (Lipinski definition) is 4. The van der Waals surface area contributed by atoms with Crippen LogP contribution in [0.2, 0.25) is 5.02 Å². The van der Waals surface area contributed by atoms with Gasteiger partial charge < -0.3 is 15.4 Å². The number of rotatable bonds is 9. The molecule has 0 aromatic heterocycles. The molecule has 8 heteroatoms. The minimum absolute atomic E-state index is 0.301. The number of anilines is 2. The van der Waals surface area contributed by atoms with Gasteiger partial charge in [0, 0.05) is 22.8 Å². The number of urea groups is 1. The Balaban J connectivity index is 1.67. The minimum Gasteiger partial charge on any atom is -0.494 e. The zero-order chi connectivity index (χ0) is 19.5. The number of unbranched alkanes of at least 4 members (excludes halogenated alkanes) is 2. The standard InChI is InChI=1S/C19H22ClN3O4/c20-14-5-7-15(8-6-14)21-19(25)22-16-9-11-17(12-10-16)27-13-3-1-2-4-18(24)23-26/h5-12,26H,1-4,13H2,(H,23,24)(H2,21,22,25). The Labute approximate surface area is 162 Å². The number of hydrogen-bond acceptors (Lipinski definition) is 4. The number of benzene rings is 2. The molecule has 0 aliphatic heterocycles. The molecule has 27 heavy (non-hydrogen) atoms. The molecule has 0 heterocycles. The third-order valence-electron chi connectivity index (χ3n) is 3.66. The van der Waals surface area contributed by atoms with Crippen molar-refractivity contribution in [1.29, 1.82) is 0 Å². The molecular formula is C19H22ClN3O4. The molecule has 4 N–H and O–H groups in total. The van der Waals surface area contributed by atoms with E-state index in [0.717, 1.165) is 12.8 Å². The second-order valence-corrected chi connectivity index (χ2v) is 6.24. The van der Waals surface area contributed by atoms with Crippen molar-refractivity contribution in [3.63, 3.8) is 0 Å². The summed E-state index contributed by atoms with van der Waals surface area (Å²) in [6.07, 6.45) is 2.64. The number of halogens is 1. The molecule has 2 aromatic carbocycles. The van der Waals surface area contributed by atoms with Crippen molar-refractivity contribution in [3.05, 3.63) is 53.6 Å². The number of carbonyl (C=O) groups is 2. The maximum absolute atomic E-state index is 12.0. The molecule has 7 nitrogen and oxygen atoms in total. The highest BCUT2D eigenvalue weighted by Gasteiger charge is 2.03. The van der Waals surface area contributed by atoms with Crippen LogP contribution in [0.4, 0.5) is 16.2 Å². The normalized spacial score (nSPS) is 10.1. The van der Waals surface area contributed by atoms with Gasteiger partial charge in [0.15, 0.2) is 0 Å². The summed E-state index contributed by atoms with van der Waals surface area (Å²) in [5, 5.41) is 14.4. The molecule has 144 valence electrons. The molecule has 0 radical (unpaired) electrons. The van der Waals surface area contributed by atoms with E-state index in [1.165, 1.54) is 0 Å². The number of amides is 3. The van der Waals surface area contributed by atoms with E-state index in [1.54, 1.807) is 54.0 Å². The smallest absolute Gasteiger partial charge is 0.323 e. The van der Waals surface area contributed by atoms with Crippen molar-refractivity contribution in [2.75, 3.05) is 17.2 Å². The zero-order valence-electron chi connectivity index (χ0n) is 14.7. The van der Waals surface area contributed by atoms with E-state index in [1.807, 2.05) is 0 Å². The Morgan fingerprint density at radius 2 is 1.48 bits per heavy atom. The fraction of sp³-hybridized carbons (Fsp3) is 0.263. The molecule has 0 unspecified atom stereocenters. The summed E-state index contributed by atoms with van der Waals surface area (Å²) in [4.78, 5) is 22.8. The summed E-state index contributed by atoms with van der Waals surface area (Å²) in [6, 6.07) is 13.5. The third kappa shape index (κ3) is 7.98. The maximum Gasteiger partial charge on any atom is 0.323 e. The van der Waals surface area contributed by atoms with Gasteiger partial charge in [-0.1, -0.05) is 11.6 Å². The lowest BCUT2D eigenvalue weighted by Crippen LogP contribution is -2.19. The molecule has 0 bridgehead atoms. The molecule has 3 amide bonds. The summed E-state index contributed by atoms with van der Waals surface area (Å²) in [7, 11) is 0. The van der Waals surface area contributed by atoms with Crippen LogP contribution in [0.3, 0.4) is 0 Å². The van der Waals surface area contributed by atoms with Gasteiger partial charge in [0.05, 0.1) is 6.61 Å². The van der Waals surface area contributed by atoms with E-state index in [0.29, 0.717) is 41.6 Å².